The highest BCUT2D eigenvalue weighted by Gasteiger charge is 2.38. The second kappa shape index (κ2) is 5.96. The van der Waals surface area contributed by atoms with Crippen molar-refractivity contribution >= 4 is 28.7 Å². The summed E-state index contributed by atoms with van der Waals surface area (Å²) in [6, 6.07) is 0.00601. The number of nitrogens with one attached hydrogen (secondary N) is 2. The molecule has 2 saturated carbocycles. The summed E-state index contributed by atoms with van der Waals surface area (Å²) in [5.41, 5.74) is 0. The smallest absolute Gasteiger partial charge is 0.315 e. The fraction of sp³-hybridized carbons (Fsp3) is 0.533. The van der Waals surface area contributed by atoms with Crippen LogP contribution in [0, 0.1) is 11.8 Å². The van der Waals surface area contributed by atoms with Crippen LogP contribution in [0.15, 0.2) is 23.2 Å². The number of rotatable bonds is 6. The Morgan fingerprint density at radius 2 is 1.41 bits per heavy atom. The number of urea groups is 1. The van der Waals surface area contributed by atoms with E-state index in [9.17, 15) is 4.79 Å². The molecule has 0 unspecified atom stereocenters. The first kappa shape index (κ1) is 14.1. The van der Waals surface area contributed by atoms with E-state index in [1.165, 1.54) is 25.7 Å². The SMILES string of the molecule is O=C(N[C@@H](c1nccs1)C1CC1)N[C@@H](c1nccs1)C1CC1. The van der Waals surface area contributed by atoms with Gasteiger partial charge in [-0.2, -0.15) is 0 Å². The molecule has 0 radical (unpaired) electrons. The van der Waals surface area contributed by atoms with Crippen molar-refractivity contribution < 1.29 is 4.79 Å². The quantitative estimate of drug-likeness (QED) is 0.849. The standard InChI is InChI=1S/C15H18N4OS2/c20-15(18-11(9-1-2-9)13-16-5-7-21-13)19-12(10-3-4-10)14-17-6-8-22-14/h5-12H,1-4H2,(H2,18,19,20)/t11-,12-/m1/s1. The summed E-state index contributed by atoms with van der Waals surface area (Å²) in [4.78, 5) is 21.2. The van der Waals surface area contributed by atoms with Crippen molar-refractivity contribution in [1.29, 1.82) is 0 Å². The predicted molar refractivity (Wildman–Crippen MR) is 86.8 cm³/mol. The van der Waals surface area contributed by atoms with E-state index in [-0.39, 0.29) is 18.1 Å². The highest BCUT2D eigenvalue weighted by molar-refractivity contribution is 7.09. The largest absolute Gasteiger partial charge is 0.329 e. The minimum absolute atomic E-state index is 0.0520. The maximum absolute atomic E-state index is 12.5. The van der Waals surface area contributed by atoms with E-state index in [2.05, 4.69) is 20.6 Å². The normalized spacial score (nSPS) is 20.4. The van der Waals surface area contributed by atoms with Gasteiger partial charge >= 0.3 is 6.03 Å². The average Bonchev–Trinajstić information content (AvgIpc) is 3.42. The summed E-state index contributed by atoms with van der Waals surface area (Å²) < 4.78 is 0. The van der Waals surface area contributed by atoms with Crippen molar-refractivity contribution in [2.24, 2.45) is 11.8 Å². The topological polar surface area (TPSA) is 66.9 Å². The third kappa shape index (κ3) is 3.15. The summed E-state index contributed by atoms with van der Waals surface area (Å²) in [6.45, 7) is 0. The molecule has 0 aromatic carbocycles. The van der Waals surface area contributed by atoms with Crippen molar-refractivity contribution in [1.82, 2.24) is 20.6 Å². The molecular formula is C15H18N4OS2. The van der Waals surface area contributed by atoms with E-state index < -0.39 is 0 Å². The van der Waals surface area contributed by atoms with Crippen molar-refractivity contribution in [3.05, 3.63) is 33.2 Å². The summed E-state index contributed by atoms with van der Waals surface area (Å²) in [7, 11) is 0. The van der Waals surface area contributed by atoms with Gasteiger partial charge in [-0.05, 0) is 37.5 Å². The molecule has 22 heavy (non-hydrogen) atoms. The molecule has 116 valence electrons. The first-order chi connectivity index (χ1) is 10.8. The number of aromatic nitrogens is 2. The van der Waals surface area contributed by atoms with Crippen molar-refractivity contribution in [3.8, 4) is 0 Å². The predicted octanol–water partition coefficient (Wildman–Crippen LogP) is 3.50. The Hall–Kier alpha value is -1.47. The molecule has 2 atom stereocenters. The van der Waals surface area contributed by atoms with Crippen LogP contribution in [0.3, 0.4) is 0 Å². The van der Waals surface area contributed by atoms with Crippen LogP contribution in [-0.2, 0) is 0 Å². The van der Waals surface area contributed by atoms with E-state index in [1.54, 1.807) is 35.1 Å². The van der Waals surface area contributed by atoms with E-state index in [4.69, 9.17) is 0 Å². The fourth-order valence-electron chi connectivity index (χ4n) is 2.72. The van der Waals surface area contributed by atoms with E-state index in [0.29, 0.717) is 11.8 Å². The van der Waals surface area contributed by atoms with Crippen LogP contribution in [0.4, 0.5) is 4.79 Å². The molecule has 7 heteroatoms. The van der Waals surface area contributed by atoms with Gasteiger partial charge in [0, 0.05) is 23.2 Å². The van der Waals surface area contributed by atoms with Crippen LogP contribution < -0.4 is 10.6 Å². The molecule has 2 N–H and O–H groups in total. The van der Waals surface area contributed by atoms with Crippen LogP contribution in [0.25, 0.3) is 0 Å². The molecule has 4 rings (SSSR count). The minimum atomic E-state index is -0.0980. The van der Waals surface area contributed by atoms with Gasteiger partial charge in [0.05, 0.1) is 12.1 Å². The lowest BCUT2D eigenvalue weighted by Crippen LogP contribution is -2.41. The van der Waals surface area contributed by atoms with Gasteiger partial charge in [-0.25, -0.2) is 14.8 Å². The Morgan fingerprint density at radius 3 is 1.73 bits per heavy atom. The number of carbonyl (C=O) groups is 1. The average molecular weight is 334 g/mol. The van der Waals surface area contributed by atoms with Crippen LogP contribution in [0.1, 0.15) is 47.8 Å². The first-order valence-corrected chi connectivity index (χ1v) is 9.43. The van der Waals surface area contributed by atoms with Gasteiger partial charge in [0.2, 0.25) is 0 Å². The number of thiazole rings is 2. The molecule has 2 heterocycles. The maximum atomic E-state index is 12.5. The number of amides is 2. The van der Waals surface area contributed by atoms with Gasteiger partial charge in [-0.3, -0.25) is 0 Å². The molecule has 2 aromatic heterocycles. The molecule has 0 saturated heterocycles. The van der Waals surface area contributed by atoms with Gasteiger partial charge < -0.3 is 10.6 Å². The number of hydrogen-bond donors (Lipinski definition) is 2. The highest BCUT2D eigenvalue weighted by atomic mass is 32.1. The van der Waals surface area contributed by atoms with Crippen LogP contribution in [-0.4, -0.2) is 16.0 Å². The molecule has 0 bridgehead atoms. The first-order valence-electron chi connectivity index (χ1n) is 7.67. The third-order valence-electron chi connectivity index (χ3n) is 4.19. The Morgan fingerprint density at radius 1 is 0.955 bits per heavy atom. The molecule has 2 aliphatic carbocycles. The van der Waals surface area contributed by atoms with Crippen LogP contribution in [0.2, 0.25) is 0 Å². The number of nitrogens with zero attached hydrogens (tertiary/aromatic N) is 2. The summed E-state index contributed by atoms with van der Waals surface area (Å²) >= 11 is 3.23. The Kier molecular flexibility index (Phi) is 3.83. The Labute approximate surface area is 137 Å². The lowest BCUT2D eigenvalue weighted by Gasteiger charge is -2.20. The summed E-state index contributed by atoms with van der Waals surface area (Å²) in [5, 5.41) is 12.2. The Balaban J connectivity index is 1.42. The van der Waals surface area contributed by atoms with Gasteiger partial charge in [0.1, 0.15) is 10.0 Å². The zero-order valence-electron chi connectivity index (χ0n) is 12.1. The van der Waals surface area contributed by atoms with Crippen molar-refractivity contribution in [2.45, 2.75) is 37.8 Å². The molecule has 0 spiro atoms. The highest BCUT2D eigenvalue weighted by Crippen LogP contribution is 2.43. The lowest BCUT2D eigenvalue weighted by atomic mass is 10.2. The molecular weight excluding hydrogens is 316 g/mol. The van der Waals surface area contributed by atoms with E-state index >= 15 is 0 Å². The second-order valence-electron chi connectivity index (χ2n) is 5.99. The molecule has 2 aliphatic rings. The number of carbonyl (C=O) groups excluding carboxylic acids is 1. The van der Waals surface area contributed by atoms with Gasteiger partial charge in [0.15, 0.2) is 0 Å². The van der Waals surface area contributed by atoms with Gasteiger partial charge in [-0.15, -0.1) is 22.7 Å². The minimum Gasteiger partial charge on any atom is -0.329 e. The van der Waals surface area contributed by atoms with E-state index in [1.807, 2.05) is 10.8 Å². The third-order valence-corrected chi connectivity index (χ3v) is 5.91. The summed E-state index contributed by atoms with van der Waals surface area (Å²) in [5.74, 6) is 1.08. The van der Waals surface area contributed by atoms with Crippen molar-refractivity contribution in [2.75, 3.05) is 0 Å². The zero-order chi connectivity index (χ0) is 14.9. The van der Waals surface area contributed by atoms with Crippen molar-refractivity contribution in [3.63, 3.8) is 0 Å². The Bertz CT molecular complexity index is 566. The second-order valence-corrected chi connectivity index (χ2v) is 7.84. The zero-order valence-corrected chi connectivity index (χ0v) is 13.7. The molecule has 0 aliphatic heterocycles. The lowest BCUT2D eigenvalue weighted by molar-refractivity contribution is 0.230. The molecule has 2 amide bonds. The number of hydrogen-bond acceptors (Lipinski definition) is 5. The maximum Gasteiger partial charge on any atom is 0.315 e. The monoisotopic (exact) mass is 334 g/mol. The van der Waals surface area contributed by atoms with Gasteiger partial charge in [-0.1, -0.05) is 0 Å². The fourth-order valence-corrected chi connectivity index (χ4v) is 4.28. The van der Waals surface area contributed by atoms with Crippen LogP contribution in [0.5, 0.6) is 0 Å². The summed E-state index contributed by atoms with van der Waals surface area (Å²) in [6.07, 6.45) is 8.29. The molecule has 2 fully saturated rings. The van der Waals surface area contributed by atoms with Crippen LogP contribution >= 0.6 is 22.7 Å². The molecule has 5 nitrogen and oxygen atoms in total. The molecule has 2 aromatic rings. The van der Waals surface area contributed by atoms with Gasteiger partial charge in [0.25, 0.3) is 0 Å². The van der Waals surface area contributed by atoms with E-state index in [0.717, 1.165) is 10.0 Å².